The summed E-state index contributed by atoms with van der Waals surface area (Å²) in [5, 5.41) is 0.380. The second kappa shape index (κ2) is 8.52. The molecule has 0 heterocycles. The fourth-order valence-electron chi connectivity index (χ4n) is 2.25. The van der Waals surface area contributed by atoms with Crippen molar-refractivity contribution in [2.45, 2.75) is 6.61 Å². The topological polar surface area (TPSA) is 9.23 Å². The normalized spacial score (nSPS) is 10.1. The van der Waals surface area contributed by atoms with E-state index >= 15 is 0 Å². The molecular weight excluding hydrogens is 414 g/mol. The van der Waals surface area contributed by atoms with Crippen LogP contribution >= 0.6 is 39.9 Å². The van der Waals surface area contributed by atoms with E-state index in [0.29, 0.717) is 17.2 Å². The van der Waals surface area contributed by atoms with Gasteiger partial charge in [0.25, 0.3) is 0 Å². The van der Waals surface area contributed by atoms with Crippen LogP contribution in [0.3, 0.4) is 0 Å². The summed E-state index contributed by atoms with van der Waals surface area (Å²) in [5.74, 6) is 0.370. The first-order valence-electron chi connectivity index (χ1n) is 7.05. The van der Waals surface area contributed by atoms with Gasteiger partial charge in [0.2, 0.25) is 0 Å². The summed E-state index contributed by atoms with van der Waals surface area (Å²) in [6.45, 7) is 0.488. The van der Waals surface area contributed by atoms with Crippen LogP contribution in [0.15, 0.2) is 71.2 Å². The minimum Gasteiger partial charge on any atom is -0.489 e. The predicted molar refractivity (Wildman–Crippen MR) is 103 cm³/mol. The second-order valence-electron chi connectivity index (χ2n) is 5.04. The van der Waals surface area contributed by atoms with Gasteiger partial charge in [-0.05, 0) is 47.5 Å². The average Bonchev–Trinajstić information content (AvgIpc) is 2.55. The van der Waals surface area contributed by atoms with Crippen LogP contribution < -0.4 is 4.74 Å². The molecule has 0 radical (unpaired) electrons. The molecule has 0 aliphatic carbocycles. The molecule has 0 aliphatic heterocycles. The van der Waals surface area contributed by atoms with Gasteiger partial charge in [-0.1, -0.05) is 57.9 Å². The fraction of sp³-hybridized carbons (Fsp3) is 0.0526. The van der Waals surface area contributed by atoms with Crippen LogP contribution in [0.4, 0.5) is 4.39 Å². The molecule has 5 heteroatoms. The molecule has 0 bridgehead atoms. The molecule has 0 fully saturated rings. The predicted octanol–water partition coefficient (Wildman–Crippen LogP) is 6.91. The van der Waals surface area contributed by atoms with Gasteiger partial charge in [-0.15, -0.1) is 12.4 Å². The number of benzene rings is 3. The fourth-order valence-corrected chi connectivity index (χ4v) is 2.98. The van der Waals surface area contributed by atoms with Crippen molar-refractivity contribution in [3.05, 3.63) is 87.6 Å². The van der Waals surface area contributed by atoms with E-state index in [9.17, 15) is 4.39 Å². The average molecular weight is 428 g/mol. The molecule has 1 nitrogen and oxygen atoms in total. The molecule has 0 amide bonds. The molecule has 124 valence electrons. The first-order valence-corrected chi connectivity index (χ1v) is 8.22. The van der Waals surface area contributed by atoms with Crippen molar-refractivity contribution < 1.29 is 9.13 Å². The van der Waals surface area contributed by atoms with Gasteiger partial charge in [-0.25, -0.2) is 4.39 Å². The van der Waals surface area contributed by atoms with Crippen molar-refractivity contribution in [3.8, 4) is 16.9 Å². The quantitative estimate of drug-likeness (QED) is 0.439. The maximum Gasteiger partial charge on any atom is 0.132 e. The lowest BCUT2D eigenvalue weighted by molar-refractivity contribution is 0.306. The Morgan fingerprint density at radius 1 is 0.917 bits per heavy atom. The van der Waals surface area contributed by atoms with Crippen LogP contribution in [0.25, 0.3) is 11.1 Å². The third-order valence-electron chi connectivity index (χ3n) is 3.41. The molecule has 0 saturated heterocycles. The zero-order valence-corrected chi connectivity index (χ0v) is 15.7. The Balaban J connectivity index is 0.00000208. The van der Waals surface area contributed by atoms with E-state index in [4.69, 9.17) is 16.3 Å². The van der Waals surface area contributed by atoms with Gasteiger partial charge in [0.05, 0.1) is 0 Å². The minimum atomic E-state index is -0.351. The van der Waals surface area contributed by atoms with Gasteiger partial charge >= 0.3 is 0 Å². The van der Waals surface area contributed by atoms with E-state index in [-0.39, 0.29) is 18.2 Å². The van der Waals surface area contributed by atoms with Crippen LogP contribution in [0, 0.1) is 5.82 Å². The molecule has 0 atom stereocenters. The highest BCUT2D eigenvalue weighted by atomic mass is 79.9. The lowest BCUT2D eigenvalue weighted by Crippen LogP contribution is -1.95. The number of halogens is 4. The molecule has 0 spiro atoms. The van der Waals surface area contributed by atoms with E-state index in [1.54, 1.807) is 12.1 Å². The Hall–Kier alpha value is -1.55. The van der Waals surface area contributed by atoms with Gasteiger partial charge in [0.1, 0.15) is 18.2 Å². The zero-order chi connectivity index (χ0) is 16.2. The van der Waals surface area contributed by atoms with Crippen LogP contribution in [-0.2, 0) is 6.61 Å². The molecule has 0 unspecified atom stereocenters. The SMILES string of the molecule is Cl.Fc1cc(Cl)ccc1-c1ccc(OCc2ccccc2)cc1Br. The van der Waals surface area contributed by atoms with Crippen molar-refractivity contribution in [1.82, 2.24) is 0 Å². The maximum absolute atomic E-state index is 14.0. The van der Waals surface area contributed by atoms with Crippen molar-refractivity contribution in [3.63, 3.8) is 0 Å². The summed E-state index contributed by atoms with van der Waals surface area (Å²) in [7, 11) is 0. The molecule has 0 aromatic heterocycles. The largest absolute Gasteiger partial charge is 0.489 e. The molecule has 0 saturated carbocycles. The summed E-state index contributed by atoms with van der Waals surface area (Å²) in [5.41, 5.74) is 2.35. The molecule has 24 heavy (non-hydrogen) atoms. The third kappa shape index (κ3) is 4.50. The van der Waals surface area contributed by atoms with Crippen molar-refractivity contribution >= 4 is 39.9 Å². The van der Waals surface area contributed by atoms with Gasteiger partial charge in [0, 0.05) is 15.1 Å². The van der Waals surface area contributed by atoms with Gasteiger partial charge < -0.3 is 4.74 Å². The highest BCUT2D eigenvalue weighted by Crippen LogP contribution is 2.34. The standard InChI is InChI=1S/C19H13BrClFO.ClH/c20-18-11-15(23-12-13-4-2-1-3-5-13)7-9-16(18)17-8-6-14(21)10-19(17)22;/h1-11H,12H2;1H. The summed E-state index contributed by atoms with van der Waals surface area (Å²) in [6.07, 6.45) is 0. The Morgan fingerprint density at radius 3 is 2.29 bits per heavy atom. The van der Waals surface area contributed by atoms with E-state index in [2.05, 4.69) is 15.9 Å². The first kappa shape index (κ1) is 18.8. The Bertz CT molecular complexity index is 825. The van der Waals surface area contributed by atoms with Crippen LogP contribution in [0.5, 0.6) is 5.75 Å². The number of ether oxygens (including phenoxy) is 1. The molecule has 3 aromatic rings. The highest BCUT2D eigenvalue weighted by Gasteiger charge is 2.10. The van der Waals surface area contributed by atoms with E-state index in [1.807, 2.05) is 48.5 Å². The Kier molecular flexibility index (Phi) is 6.67. The van der Waals surface area contributed by atoms with E-state index in [0.717, 1.165) is 21.3 Å². The van der Waals surface area contributed by atoms with Gasteiger partial charge in [0.15, 0.2) is 0 Å². The van der Waals surface area contributed by atoms with E-state index in [1.165, 1.54) is 6.07 Å². The smallest absolute Gasteiger partial charge is 0.132 e. The summed E-state index contributed by atoms with van der Waals surface area (Å²) in [6, 6.07) is 20.1. The number of hydrogen-bond donors (Lipinski definition) is 0. The number of rotatable bonds is 4. The van der Waals surface area contributed by atoms with Crippen molar-refractivity contribution in [2.75, 3.05) is 0 Å². The summed E-state index contributed by atoms with van der Waals surface area (Å²) < 4.78 is 20.6. The summed E-state index contributed by atoms with van der Waals surface area (Å²) in [4.78, 5) is 0. The van der Waals surface area contributed by atoms with Crippen molar-refractivity contribution in [1.29, 1.82) is 0 Å². The second-order valence-corrected chi connectivity index (χ2v) is 6.33. The van der Waals surface area contributed by atoms with Crippen molar-refractivity contribution in [2.24, 2.45) is 0 Å². The third-order valence-corrected chi connectivity index (χ3v) is 4.30. The van der Waals surface area contributed by atoms with E-state index < -0.39 is 0 Å². The lowest BCUT2D eigenvalue weighted by Gasteiger charge is -2.10. The molecule has 3 aromatic carbocycles. The molecule has 0 aliphatic rings. The van der Waals surface area contributed by atoms with Gasteiger partial charge in [-0.2, -0.15) is 0 Å². The lowest BCUT2D eigenvalue weighted by atomic mass is 10.1. The molecule has 0 N–H and O–H groups in total. The minimum absolute atomic E-state index is 0. The van der Waals surface area contributed by atoms with Crippen LogP contribution in [0.2, 0.25) is 5.02 Å². The Labute approximate surface area is 160 Å². The molecular formula is C19H14BrCl2FO. The van der Waals surface area contributed by atoms with Crippen LogP contribution in [-0.4, -0.2) is 0 Å². The maximum atomic E-state index is 14.0. The Morgan fingerprint density at radius 2 is 1.62 bits per heavy atom. The van der Waals surface area contributed by atoms with Gasteiger partial charge in [-0.3, -0.25) is 0 Å². The first-order chi connectivity index (χ1) is 11.1. The number of hydrogen-bond acceptors (Lipinski definition) is 1. The zero-order valence-electron chi connectivity index (χ0n) is 12.5. The van der Waals surface area contributed by atoms with Crippen LogP contribution in [0.1, 0.15) is 5.56 Å². The monoisotopic (exact) mass is 426 g/mol. The molecule has 3 rings (SSSR count). The highest BCUT2D eigenvalue weighted by molar-refractivity contribution is 9.10. The summed E-state index contributed by atoms with van der Waals surface area (Å²) >= 11 is 9.28.